The van der Waals surface area contributed by atoms with Crippen molar-refractivity contribution in [2.45, 2.75) is 13.8 Å². The van der Waals surface area contributed by atoms with Crippen LogP contribution in [0, 0.1) is 5.82 Å². The molecule has 1 amide bonds. The SMILES string of the molecule is CCOc1cc(N2CCOCC2)c(OCC)cc1NC(=O)c1cc(Cl)ccc1F. The van der Waals surface area contributed by atoms with Crippen LogP contribution in [0.3, 0.4) is 0 Å². The Morgan fingerprint density at radius 3 is 2.52 bits per heavy atom. The molecule has 0 spiro atoms. The molecule has 3 rings (SSSR count). The molecule has 0 unspecified atom stereocenters. The van der Waals surface area contributed by atoms with E-state index < -0.39 is 11.7 Å². The van der Waals surface area contributed by atoms with Crippen molar-refractivity contribution in [3.63, 3.8) is 0 Å². The predicted octanol–water partition coefficient (Wildman–Crippen LogP) is 4.37. The fraction of sp³-hybridized carbons (Fsp3) is 0.381. The van der Waals surface area contributed by atoms with Crippen molar-refractivity contribution >= 4 is 28.9 Å². The molecule has 8 heteroatoms. The first kappa shape index (κ1) is 21.2. The smallest absolute Gasteiger partial charge is 0.258 e. The first-order valence-electron chi connectivity index (χ1n) is 9.56. The minimum absolute atomic E-state index is 0.143. The summed E-state index contributed by atoms with van der Waals surface area (Å²) in [6.45, 7) is 7.32. The molecule has 2 aromatic rings. The number of morpholine rings is 1. The molecule has 6 nitrogen and oxygen atoms in total. The molecule has 0 aromatic heterocycles. The summed E-state index contributed by atoms with van der Waals surface area (Å²) in [7, 11) is 0. The Kier molecular flexibility index (Phi) is 7.17. The zero-order valence-corrected chi connectivity index (χ0v) is 17.2. The van der Waals surface area contributed by atoms with Crippen LogP contribution in [0.1, 0.15) is 24.2 Å². The van der Waals surface area contributed by atoms with E-state index in [1.54, 1.807) is 6.07 Å². The number of ether oxygens (including phenoxy) is 3. The molecule has 156 valence electrons. The lowest BCUT2D eigenvalue weighted by molar-refractivity contribution is 0.102. The van der Waals surface area contributed by atoms with E-state index in [4.69, 9.17) is 25.8 Å². The number of carbonyl (C=O) groups is 1. The summed E-state index contributed by atoms with van der Waals surface area (Å²) >= 11 is 5.91. The van der Waals surface area contributed by atoms with E-state index in [0.29, 0.717) is 43.6 Å². The molecule has 1 fully saturated rings. The average Bonchev–Trinajstić information content (AvgIpc) is 2.72. The maximum absolute atomic E-state index is 14.1. The monoisotopic (exact) mass is 422 g/mol. The molecule has 1 saturated heterocycles. The Morgan fingerprint density at radius 1 is 1.14 bits per heavy atom. The lowest BCUT2D eigenvalue weighted by Gasteiger charge is -2.31. The Balaban J connectivity index is 1.96. The summed E-state index contributed by atoms with van der Waals surface area (Å²) in [5.74, 6) is -0.180. The van der Waals surface area contributed by atoms with Gasteiger partial charge in [0, 0.05) is 30.2 Å². The van der Waals surface area contributed by atoms with E-state index in [9.17, 15) is 9.18 Å². The number of benzene rings is 2. The van der Waals surface area contributed by atoms with Gasteiger partial charge in [0.2, 0.25) is 0 Å². The predicted molar refractivity (Wildman–Crippen MR) is 111 cm³/mol. The van der Waals surface area contributed by atoms with E-state index in [1.165, 1.54) is 12.1 Å². The molecular weight excluding hydrogens is 399 g/mol. The number of hydrogen-bond acceptors (Lipinski definition) is 5. The Bertz CT molecular complexity index is 872. The van der Waals surface area contributed by atoms with Crippen molar-refractivity contribution in [2.75, 3.05) is 49.7 Å². The summed E-state index contributed by atoms with van der Waals surface area (Å²) in [6.07, 6.45) is 0. The number of nitrogens with one attached hydrogen (secondary N) is 1. The standard InChI is InChI=1S/C21H24ClFN2O4/c1-3-28-19-13-18(25-7-9-27-10-8-25)20(29-4-2)12-17(19)24-21(26)15-11-14(22)5-6-16(15)23/h5-6,11-13H,3-4,7-10H2,1-2H3,(H,24,26). The van der Waals surface area contributed by atoms with Crippen molar-refractivity contribution in [1.29, 1.82) is 0 Å². The van der Waals surface area contributed by atoms with Gasteiger partial charge in [0.25, 0.3) is 5.91 Å². The van der Waals surface area contributed by atoms with Crippen LogP contribution >= 0.6 is 11.6 Å². The highest BCUT2D eigenvalue weighted by Gasteiger charge is 2.21. The minimum Gasteiger partial charge on any atom is -0.492 e. The van der Waals surface area contributed by atoms with Crippen molar-refractivity contribution in [3.8, 4) is 11.5 Å². The van der Waals surface area contributed by atoms with Crippen LogP contribution < -0.4 is 19.7 Å². The van der Waals surface area contributed by atoms with Crippen LogP contribution in [0.25, 0.3) is 0 Å². The Labute approximate surface area is 174 Å². The first-order chi connectivity index (χ1) is 14.0. The van der Waals surface area contributed by atoms with E-state index in [-0.39, 0.29) is 10.6 Å². The second kappa shape index (κ2) is 9.80. The maximum Gasteiger partial charge on any atom is 0.258 e. The number of nitrogens with zero attached hydrogens (tertiary/aromatic N) is 1. The van der Waals surface area contributed by atoms with Gasteiger partial charge in [-0.15, -0.1) is 0 Å². The van der Waals surface area contributed by atoms with E-state index in [0.717, 1.165) is 24.8 Å². The van der Waals surface area contributed by atoms with Crippen LogP contribution in [0.5, 0.6) is 11.5 Å². The van der Waals surface area contributed by atoms with Crippen LogP contribution in [-0.2, 0) is 4.74 Å². The van der Waals surface area contributed by atoms with Gasteiger partial charge in [0.1, 0.15) is 17.3 Å². The topological polar surface area (TPSA) is 60.0 Å². The minimum atomic E-state index is -0.653. The third kappa shape index (κ3) is 5.10. The summed E-state index contributed by atoms with van der Waals surface area (Å²) in [4.78, 5) is 14.8. The van der Waals surface area contributed by atoms with Crippen molar-refractivity contribution in [3.05, 3.63) is 46.7 Å². The molecule has 0 radical (unpaired) electrons. The summed E-state index contributed by atoms with van der Waals surface area (Å²) in [5, 5.41) is 3.00. The fourth-order valence-electron chi connectivity index (χ4n) is 3.11. The van der Waals surface area contributed by atoms with Gasteiger partial charge in [-0.3, -0.25) is 4.79 Å². The number of halogens is 2. The van der Waals surface area contributed by atoms with E-state index in [1.807, 2.05) is 19.9 Å². The number of carbonyl (C=O) groups excluding carboxylic acids is 1. The van der Waals surface area contributed by atoms with Gasteiger partial charge in [-0.05, 0) is 32.0 Å². The first-order valence-corrected chi connectivity index (χ1v) is 9.94. The summed E-state index contributed by atoms with van der Waals surface area (Å²) in [5.41, 5.74) is 1.12. The lowest BCUT2D eigenvalue weighted by atomic mass is 10.1. The van der Waals surface area contributed by atoms with E-state index >= 15 is 0 Å². The van der Waals surface area contributed by atoms with Gasteiger partial charge in [0.15, 0.2) is 0 Å². The second-order valence-electron chi connectivity index (χ2n) is 6.36. The molecule has 29 heavy (non-hydrogen) atoms. The van der Waals surface area contributed by atoms with Crippen molar-refractivity contribution < 1.29 is 23.4 Å². The molecule has 1 aliphatic rings. The Morgan fingerprint density at radius 2 is 1.83 bits per heavy atom. The third-order valence-corrected chi connectivity index (χ3v) is 4.67. The molecule has 2 aromatic carbocycles. The largest absolute Gasteiger partial charge is 0.492 e. The van der Waals surface area contributed by atoms with Crippen molar-refractivity contribution in [1.82, 2.24) is 0 Å². The van der Waals surface area contributed by atoms with Gasteiger partial charge >= 0.3 is 0 Å². The highest BCUT2D eigenvalue weighted by Crippen LogP contribution is 2.39. The molecule has 0 atom stereocenters. The molecule has 1 N–H and O–H groups in total. The van der Waals surface area contributed by atoms with Gasteiger partial charge in [-0.25, -0.2) is 4.39 Å². The average molecular weight is 423 g/mol. The quantitative estimate of drug-likeness (QED) is 0.718. The lowest BCUT2D eigenvalue weighted by Crippen LogP contribution is -2.36. The molecule has 1 aliphatic heterocycles. The molecular formula is C21H24ClFN2O4. The highest BCUT2D eigenvalue weighted by atomic mass is 35.5. The van der Waals surface area contributed by atoms with Crippen LogP contribution in [0.15, 0.2) is 30.3 Å². The van der Waals surface area contributed by atoms with Crippen LogP contribution in [0.2, 0.25) is 5.02 Å². The number of amides is 1. The van der Waals surface area contributed by atoms with Gasteiger partial charge in [-0.1, -0.05) is 11.6 Å². The summed E-state index contributed by atoms with van der Waals surface area (Å²) < 4.78 is 31.1. The number of hydrogen-bond donors (Lipinski definition) is 1. The molecule has 0 bridgehead atoms. The van der Waals surface area contributed by atoms with Crippen LogP contribution in [-0.4, -0.2) is 45.4 Å². The van der Waals surface area contributed by atoms with Gasteiger partial charge < -0.3 is 24.4 Å². The van der Waals surface area contributed by atoms with Crippen LogP contribution in [0.4, 0.5) is 15.8 Å². The molecule has 1 heterocycles. The summed E-state index contributed by atoms with van der Waals surface area (Å²) in [6, 6.07) is 7.39. The van der Waals surface area contributed by atoms with E-state index in [2.05, 4.69) is 10.2 Å². The van der Waals surface area contributed by atoms with Crippen molar-refractivity contribution in [2.24, 2.45) is 0 Å². The maximum atomic E-state index is 14.1. The third-order valence-electron chi connectivity index (χ3n) is 4.43. The Hall–Kier alpha value is -2.51. The normalized spacial score (nSPS) is 13.9. The van der Waals surface area contributed by atoms with Gasteiger partial charge in [0.05, 0.1) is 43.4 Å². The second-order valence-corrected chi connectivity index (χ2v) is 6.80. The number of anilines is 2. The molecule has 0 saturated carbocycles. The number of rotatable bonds is 7. The molecule has 0 aliphatic carbocycles. The van der Waals surface area contributed by atoms with Gasteiger partial charge in [-0.2, -0.15) is 0 Å². The zero-order valence-electron chi connectivity index (χ0n) is 16.5. The highest BCUT2D eigenvalue weighted by molar-refractivity contribution is 6.31. The fourth-order valence-corrected chi connectivity index (χ4v) is 3.28. The zero-order chi connectivity index (χ0) is 20.8.